The summed E-state index contributed by atoms with van der Waals surface area (Å²) in [4.78, 5) is 15.3. The van der Waals surface area contributed by atoms with Crippen LogP contribution < -0.4 is 0 Å². The van der Waals surface area contributed by atoms with Gasteiger partial charge in [-0.2, -0.15) is 0 Å². The Bertz CT molecular complexity index is 427. The predicted molar refractivity (Wildman–Crippen MR) is 75.0 cm³/mol. The number of rotatable bonds is 3. The first-order valence-corrected chi connectivity index (χ1v) is 7.47. The van der Waals surface area contributed by atoms with Crippen molar-refractivity contribution in [2.45, 2.75) is 25.8 Å². The molecule has 0 radical (unpaired) electrons. The number of nitrogens with zero attached hydrogens (tertiary/aromatic N) is 1. The molecular formula is C13H16BrNOS. The number of allylic oxidation sites excluding steroid dienone is 2. The van der Waals surface area contributed by atoms with Crippen LogP contribution in [0.3, 0.4) is 0 Å². The molecule has 0 N–H and O–H groups in total. The summed E-state index contributed by atoms with van der Waals surface area (Å²) in [5.74, 6) is 0.465. The van der Waals surface area contributed by atoms with Gasteiger partial charge in [0.25, 0.3) is 0 Å². The van der Waals surface area contributed by atoms with Crippen LogP contribution in [0.4, 0.5) is 0 Å². The molecule has 92 valence electrons. The summed E-state index contributed by atoms with van der Waals surface area (Å²) in [6.07, 6.45) is 7.22. The summed E-state index contributed by atoms with van der Waals surface area (Å²) in [6, 6.07) is 2.08. The van der Waals surface area contributed by atoms with E-state index in [-0.39, 0.29) is 11.8 Å². The molecule has 4 heteroatoms. The Kier molecular flexibility index (Phi) is 4.40. The van der Waals surface area contributed by atoms with Gasteiger partial charge in [0.2, 0.25) is 5.91 Å². The van der Waals surface area contributed by atoms with Gasteiger partial charge in [-0.3, -0.25) is 4.79 Å². The van der Waals surface area contributed by atoms with Crippen LogP contribution in [0, 0.1) is 5.92 Å². The molecule has 0 aromatic carbocycles. The van der Waals surface area contributed by atoms with Crippen molar-refractivity contribution < 1.29 is 4.79 Å². The average Bonchev–Trinajstić information content (AvgIpc) is 2.75. The Hall–Kier alpha value is -0.610. The molecule has 1 aliphatic rings. The summed E-state index contributed by atoms with van der Waals surface area (Å²) in [7, 11) is 1.90. The second-order valence-electron chi connectivity index (χ2n) is 4.41. The van der Waals surface area contributed by atoms with E-state index in [0.717, 1.165) is 30.3 Å². The lowest BCUT2D eigenvalue weighted by molar-refractivity contribution is -0.134. The number of amides is 1. The molecule has 0 aliphatic heterocycles. The molecule has 1 aliphatic carbocycles. The first kappa shape index (κ1) is 12.8. The van der Waals surface area contributed by atoms with Crippen molar-refractivity contribution in [3.63, 3.8) is 0 Å². The number of halogens is 1. The van der Waals surface area contributed by atoms with Crippen LogP contribution in [-0.4, -0.2) is 17.9 Å². The molecule has 1 heterocycles. The lowest BCUT2D eigenvalue weighted by Gasteiger charge is -2.24. The Balaban J connectivity index is 1.93. The highest BCUT2D eigenvalue weighted by atomic mass is 79.9. The number of hydrogen-bond acceptors (Lipinski definition) is 2. The number of hydrogen-bond donors (Lipinski definition) is 0. The average molecular weight is 314 g/mol. The Morgan fingerprint density at radius 3 is 3.00 bits per heavy atom. The van der Waals surface area contributed by atoms with Crippen LogP contribution in [0.25, 0.3) is 0 Å². The molecule has 17 heavy (non-hydrogen) atoms. The van der Waals surface area contributed by atoms with Crippen LogP contribution >= 0.6 is 27.3 Å². The third-order valence-corrected chi connectivity index (χ3v) is 4.69. The fraction of sp³-hybridized carbons (Fsp3) is 0.462. The highest BCUT2D eigenvalue weighted by Crippen LogP contribution is 2.24. The van der Waals surface area contributed by atoms with Crippen molar-refractivity contribution in [3.05, 3.63) is 32.9 Å². The van der Waals surface area contributed by atoms with E-state index in [1.165, 1.54) is 4.88 Å². The molecule has 1 aromatic heterocycles. The molecule has 2 rings (SSSR count). The van der Waals surface area contributed by atoms with E-state index in [0.29, 0.717) is 0 Å². The maximum atomic E-state index is 12.2. The van der Waals surface area contributed by atoms with Gasteiger partial charge in [0.1, 0.15) is 0 Å². The molecule has 0 saturated heterocycles. The molecule has 0 spiro atoms. The fourth-order valence-corrected chi connectivity index (χ4v) is 3.58. The molecule has 1 aromatic rings. The van der Waals surface area contributed by atoms with Gasteiger partial charge >= 0.3 is 0 Å². The lowest BCUT2D eigenvalue weighted by atomic mass is 9.93. The molecule has 1 unspecified atom stereocenters. The second-order valence-corrected chi connectivity index (χ2v) is 6.32. The molecule has 0 fully saturated rings. The molecule has 1 atom stereocenters. The van der Waals surface area contributed by atoms with E-state index < -0.39 is 0 Å². The standard InChI is InChI=1S/C13H16BrNOS/c1-15(8-12-7-11(14)9-17-12)13(16)10-5-3-2-4-6-10/h2-3,7,9-10H,4-6,8H2,1H3. The van der Waals surface area contributed by atoms with Gasteiger partial charge in [0.05, 0.1) is 6.54 Å². The first-order chi connectivity index (χ1) is 8.16. The van der Waals surface area contributed by atoms with Crippen molar-refractivity contribution in [1.82, 2.24) is 4.90 Å². The third kappa shape index (κ3) is 3.42. The SMILES string of the molecule is CN(Cc1cc(Br)cs1)C(=O)C1CC=CCC1. The summed E-state index contributed by atoms with van der Waals surface area (Å²) in [5.41, 5.74) is 0. The fourth-order valence-electron chi connectivity index (χ4n) is 2.08. The monoisotopic (exact) mass is 313 g/mol. The van der Waals surface area contributed by atoms with Crippen molar-refractivity contribution in [2.75, 3.05) is 7.05 Å². The largest absolute Gasteiger partial charge is 0.340 e. The van der Waals surface area contributed by atoms with Crippen LogP contribution in [0.1, 0.15) is 24.1 Å². The molecule has 1 amide bonds. The quantitative estimate of drug-likeness (QED) is 0.777. The van der Waals surface area contributed by atoms with Gasteiger partial charge in [0, 0.05) is 27.7 Å². The van der Waals surface area contributed by atoms with E-state index in [9.17, 15) is 4.79 Å². The zero-order chi connectivity index (χ0) is 12.3. The van der Waals surface area contributed by atoms with E-state index >= 15 is 0 Å². The molecule has 0 saturated carbocycles. The minimum absolute atomic E-state index is 0.188. The van der Waals surface area contributed by atoms with Crippen LogP contribution in [-0.2, 0) is 11.3 Å². The lowest BCUT2D eigenvalue weighted by Crippen LogP contribution is -2.32. The maximum Gasteiger partial charge on any atom is 0.226 e. The normalized spacial score (nSPS) is 19.3. The van der Waals surface area contributed by atoms with Crippen LogP contribution in [0.5, 0.6) is 0 Å². The van der Waals surface area contributed by atoms with Crippen LogP contribution in [0.15, 0.2) is 28.1 Å². The highest BCUT2D eigenvalue weighted by Gasteiger charge is 2.22. The topological polar surface area (TPSA) is 20.3 Å². The van der Waals surface area contributed by atoms with E-state index in [2.05, 4.69) is 39.5 Å². The van der Waals surface area contributed by atoms with Crippen molar-refractivity contribution in [2.24, 2.45) is 5.92 Å². The van der Waals surface area contributed by atoms with E-state index in [1.54, 1.807) is 11.3 Å². The van der Waals surface area contributed by atoms with Crippen molar-refractivity contribution >= 4 is 33.2 Å². The summed E-state index contributed by atoms with van der Waals surface area (Å²) in [5, 5.41) is 2.05. The zero-order valence-electron chi connectivity index (χ0n) is 9.86. The van der Waals surface area contributed by atoms with E-state index in [1.807, 2.05) is 11.9 Å². The smallest absolute Gasteiger partial charge is 0.226 e. The molecule has 0 bridgehead atoms. The minimum Gasteiger partial charge on any atom is -0.340 e. The Morgan fingerprint density at radius 2 is 2.41 bits per heavy atom. The first-order valence-electron chi connectivity index (χ1n) is 5.79. The third-order valence-electron chi connectivity index (χ3n) is 3.01. The zero-order valence-corrected chi connectivity index (χ0v) is 12.3. The van der Waals surface area contributed by atoms with Crippen molar-refractivity contribution in [3.8, 4) is 0 Å². The Morgan fingerprint density at radius 1 is 1.59 bits per heavy atom. The second kappa shape index (κ2) is 5.83. The van der Waals surface area contributed by atoms with E-state index in [4.69, 9.17) is 0 Å². The number of carbonyl (C=O) groups is 1. The summed E-state index contributed by atoms with van der Waals surface area (Å²) in [6.45, 7) is 0.718. The predicted octanol–water partition coefficient (Wildman–Crippen LogP) is 3.83. The number of thiophene rings is 1. The highest BCUT2D eigenvalue weighted by molar-refractivity contribution is 9.10. The molecule has 2 nitrogen and oxygen atoms in total. The maximum absolute atomic E-state index is 12.2. The van der Waals surface area contributed by atoms with Gasteiger partial charge in [-0.05, 0) is 41.3 Å². The van der Waals surface area contributed by atoms with Crippen molar-refractivity contribution in [1.29, 1.82) is 0 Å². The summed E-state index contributed by atoms with van der Waals surface area (Å²) < 4.78 is 1.10. The summed E-state index contributed by atoms with van der Waals surface area (Å²) >= 11 is 5.12. The Labute approximate surface area is 114 Å². The van der Waals surface area contributed by atoms with Gasteiger partial charge in [-0.25, -0.2) is 0 Å². The van der Waals surface area contributed by atoms with Gasteiger partial charge < -0.3 is 4.90 Å². The van der Waals surface area contributed by atoms with Gasteiger partial charge in [-0.1, -0.05) is 12.2 Å². The molecular weight excluding hydrogens is 298 g/mol. The number of carbonyl (C=O) groups excluding carboxylic acids is 1. The van der Waals surface area contributed by atoms with Gasteiger partial charge in [0.15, 0.2) is 0 Å². The van der Waals surface area contributed by atoms with Gasteiger partial charge in [-0.15, -0.1) is 11.3 Å². The minimum atomic E-state index is 0.188. The van der Waals surface area contributed by atoms with Crippen LogP contribution in [0.2, 0.25) is 0 Å².